The number of carbonyl (C=O) groups is 2. The van der Waals surface area contributed by atoms with Crippen molar-refractivity contribution in [3.8, 4) is 0 Å². The fourth-order valence-electron chi connectivity index (χ4n) is 2.15. The van der Waals surface area contributed by atoms with Crippen LogP contribution in [-0.4, -0.2) is 52.7 Å². The van der Waals surface area contributed by atoms with Crippen LogP contribution in [0.1, 0.15) is 46.5 Å². The zero-order valence-corrected chi connectivity index (χ0v) is 12.2. The van der Waals surface area contributed by atoms with Gasteiger partial charge >= 0.3 is 5.97 Å². The van der Waals surface area contributed by atoms with Crippen molar-refractivity contribution >= 4 is 23.2 Å². The van der Waals surface area contributed by atoms with Gasteiger partial charge in [0.1, 0.15) is 0 Å². The molecule has 2 heterocycles. The Morgan fingerprint density at radius 2 is 2.40 bits per heavy atom. The van der Waals surface area contributed by atoms with Crippen molar-refractivity contribution in [3.63, 3.8) is 0 Å². The molecule has 1 unspecified atom stereocenters. The van der Waals surface area contributed by atoms with Gasteiger partial charge < -0.3 is 14.7 Å². The van der Waals surface area contributed by atoms with Crippen LogP contribution in [-0.2, 0) is 4.74 Å². The van der Waals surface area contributed by atoms with Gasteiger partial charge in [-0.05, 0) is 19.3 Å². The SMILES string of the molecule is CCCOC1CCCN(C(=O)c2nc(C(=O)O)cs2)C1. The van der Waals surface area contributed by atoms with Crippen molar-refractivity contribution < 1.29 is 19.4 Å². The summed E-state index contributed by atoms with van der Waals surface area (Å²) in [5, 5.41) is 10.5. The number of likely N-dealkylation sites (tertiary alicyclic amines) is 1. The van der Waals surface area contributed by atoms with Crippen LogP contribution in [0.4, 0.5) is 0 Å². The first-order valence-corrected chi connectivity index (χ1v) is 7.59. The predicted octanol–water partition coefficient (Wildman–Crippen LogP) is 1.87. The maximum absolute atomic E-state index is 12.3. The molecule has 1 aliphatic heterocycles. The second-order valence-electron chi connectivity index (χ2n) is 4.73. The number of piperidine rings is 1. The Labute approximate surface area is 121 Å². The molecule has 1 saturated heterocycles. The van der Waals surface area contributed by atoms with Gasteiger partial charge in [-0.15, -0.1) is 11.3 Å². The molecule has 1 N–H and O–H groups in total. The van der Waals surface area contributed by atoms with E-state index in [9.17, 15) is 9.59 Å². The van der Waals surface area contributed by atoms with Gasteiger partial charge in [-0.3, -0.25) is 4.79 Å². The lowest BCUT2D eigenvalue weighted by Crippen LogP contribution is -2.43. The summed E-state index contributed by atoms with van der Waals surface area (Å²) in [6, 6.07) is 0. The van der Waals surface area contributed by atoms with E-state index in [1.165, 1.54) is 5.38 Å². The molecule has 0 radical (unpaired) electrons. The third-order valence-corrected chi connectivity index (χ3v) is 3.96. The molecular weight excluding hydrogens is 280 g/mol. The highest BCUT2D eigenvalue weighted by molar-refractivity contribution is 7.11. The first kappa shape index (κ1) is 14.9. The molecule has 0 spiro atoms. The third-order valence-electron chi connectivity index (χ3n) is 3.13. The van der Waals surface area contributed by atoms with E-state index in [1.54, 1.807) is 4.90 Å². The Balaban J connectivity index is 1.98. The number of carbonyl (C=O) groups excluding carboxylic acids is 1. The summed E-state index contributed by atoms with van der Waals surface area (Å²) in [6.07, 6.45) is 2.89. The summed E-state index contributed by atoms with van der Waals surface area (Å²) in [5.74, 6) is -1.31. The average Bonchev–Trinajstić information content (AvgIpc) is 2.94. The third kappa shape index (κ3) is 3.55. The Kier molecular flexibility index (Phi) is 5.08. The number of thiazole rings is 1. The summed E-state index contributed by atoms with van der Waals surface area (Å²) < 4.78 is 5.69. The molecule has 6 nitrogen and oxygen atoms in total. The fraction of sp³-hybridized carbons (Fsp3) is 0.615. The van der Waals surface area contributed by atoms with E-state index in [1.807, 2.05) is 0 Å². The lowest BCUT2D eigenvalue weighted by atomic mass is 10.1. The molecule has 1 aliphatic rings. The summed E-state index contributed by atoms with van der Waals surface area (Å²) in [6.45, 7) is 3.98. The van der Waals surface area contributed by atoms with Gasteiger partial charge in [-0.25, -0.2) is 9.78 Å². The molecule has 1 aromatic rings. The fourth-order valence-corrected chi connectivity index (χ4v) is 2.91. The zero-order chi connectivity index (χ0) is 14.5. The Bertz CT molecular complexity index is 488. The molecule has 1 aromatic heterocycles. The van der Waals surface area contributed by atoms with Crippen molar-refractivity contribution in [2.45, 2.75) is 32.3 Å². The molecule has 110 valence electrons. The maximum atomic E-state index is 12.3. The quantitative estimate of drug-likeness (QED) is 0.897. The van der Waals surface area contributed by atoms with E-state index in [0.717, 1.165) is 30.6 Å². The van der Waals surface area contributed by atoms with Gasteiger partial charge in [0.05, 0.1) is 6.10 Å². The van der Waals surface area contributed by atoms with Crippen molar-refractivity contribution in [2.75, 3.05) is 19.7 Å². The van der Waals surface area contributed by atoms with Crippen molar-refractivity contribution in [1.82, 2.24) is 9.88 Å². The summed E-state index contributed by atoms with van der Waals surface area (Å²) in [7, 11) is 0. The number of carboxylic acid groups (broad SMARTS) is 1. The molecule has 2 rings (SSSR count). The van der Waals surface area contributed by atoms with E-state index < -0.39 is 5.97 Å². The zero-order valence-electron chi connectivity index (χ0n) is 11.4. The van der Waals surface area contributed by atoms with Crippen LogP contribution in [0.15, 0.2) is 5.38 Å². The maximum Gasteiger partial charge on any atom is 0.355 e. The molecule has 0 aliphatic carbocycles. The monoisotopic (exact) mass is 298 g/mol. The first-order valence-electron chi connectivity index (χ1n) is 6.71. The van der Waals surface area contributed by atoms with Gasteiger partial charge in [0, 0.05) is 25.1 Å². The Morgan fingerprint density at radius 3 is 3.05 bits per heavy atom. The van der Waals surface area contributed by atoms with Gasteiger partial charge in [0.2, 0.25) is 0 Å². The van der Waals surface area contributed by atoms with Crippen molar-refractivity contribution in [2.24, 2.45) is 0 Å². The number of nitrogens with zero attached hydrogens (tertiary/aromatic N) is 2. The van der Waals surface area contributed by atoms with E-state index in [2.05, 4.69) is 11.9 Å². The summed E-state index contributed by atoms with van der Waals surface area (Å²) in [4.78, 5) is 28.6. The van der Waals surface area contributed by atoms with Crippen LogP contribution < -0.4 is 0 Å². The van der Waals surface area contributed by atoms with Crippen LogP contribution in [0.5, 0.6) is 0 Å². The van der Waals surface area contributed by atoms with Crippen molar-refractivity contribution in [3.05, 3.63) is 16.1 Å². The first-order chi connectivity index (χ1) is 9.61. The topological polar surface area (TPSA) is 79.7 Å². The molecule has 0 bridgehead atoms. The molecule has 7 heteroatoms. The van der Waals surface area contributed by atoms with E-state index in [4.69, 9.17) is 9.84 Å². The minimum absolute atomic E-state index is 0.0749. The number of aromatic carboxylic acids is 1. The molecule has 20 heavy (non-hydrogen) atoms. The van der Waals surface area contributed by atoms with Crippen LogP contribution in [0, 0.1) is 0 Å². The number of rotatable bonds is 5. The minimum Gasteiger partial charge on any atom is -0.476 e. The van der Waals surface area contributed by atoms with Crippen LogP contribution >= 0.6 is 11.3 Å². The second kappa shape index (κ2) is 6.81. The highest BCUT2D eigenvalue weighted by Crippen LogP contribution is 2.18. The molecule has 1 fully saturated rings. The summed E-state index contributed by atoms with van der Waals surface area (Å²) >= 11 is 1.07. The number of hydrogen-bond donors (Lipinski definition) is 1. The smallest absolute Gasteiger partial charge is 0.355 e. The lowest BCUT2D eigenvalue weighted by molar-refractivity contribution is 0.00210. The Morgan fingerprint density at radius 1 is 1.60 bits per heavy atom. The lowest BCUT2D eigenvalue weighted by Gasteiger charge is -2.32. The van der Waals surface area contributed by atoms with E-state index >= 15 is 0 Å². The van der Waals surface area contributed by atoms with Crippen molar-refractivity contribution in [1.29, 1.82) is 0 Å². The molecule has 1 atom stereocenters. The normalized spacial score (nSPS) is 19.1. The highest BCUT2D eigenvalue weighted by atomic mass is 32.1. The predicted molar refractivity (Wildman–Crippen MR) is 74.2 cm³/mol. The van der Waals surface area contributed by atoms with Gasteiger partial charge in [0.25, 0.3) is 5.91 Å². The van der Waals surface area contributed by atoms with E-state index in [-0.39, 0.29) is 22.7 Å². The molecular formula is C13H18N2O4S. The van der Waals surface area contributed by atoms with Crippen LogP contribution in [0.2, 0.25) is 0 Å². The number of aromatic nitrogens is 1. The van der Waals surface area contributed by atoms with Gasteiger partial charge in [-0.1, -0.05) is 6.92 Å². The molecule has 1 amide bonds. The van der Waals surface area contributed by atoms with Crippen LogP contribution in [0.25, 0.3) is 0 Å². The van der Waals surface area contributed by atoms with Gasteiger partial charge in [0.15, 0.2) is 10.7 Å². The van der Waals surface area contributed by atoms with E-state index in [0.29, 0.717) is 19.7 Å². The number of amides is 1. The highest BCUT2D eigenvalue weighted by Gasteiger charge is 2.27. The molecule has 0 saturated carbocycles. The summed E-state index contributed by atoms with van der Waals surface area (Å²) in [5.41, 5.74) is -0.0749. The average molecular weight is 298 g/mol. The number of ether oxygens (including phenoxy) is 1. The second-order valence-corrected chi connectivity index (χ2v) is 5.59. The molecule has 0 aromatic carbocycles. The number of carboxylic acids is 1. The number of hydrogen-bond acceptors (Lipinski definition) is 5. The van der Waals surface area contributed by atoms with Crippen LogP contribution in [0.3, 0.4) is 0 Å². The van der Waals surface area contributed by atoms with Gasteiger partial charge in [-0.2, -0.15) is 0 Å². The minimum atomic E-state index is -1.11. The standard InChI is InChI=1S/C13H18N2O4S/c1-2-6-19-9-4-3-5-15(7-9)12(16)11-14-10(8-20-11)13(17)18/h8-9H,2-7H2,1H3,(H,17,18). The Hall–Kier alpha value is -1.47. The largest absolute Gasteiger partial charge is 0.476 e.